The average Bonchev–Trinajstić information content (AvgIpc) is 3.31. The molecule has 0 saturated heterocycles. The van der Waals surface area contributed by atoms with Crippen LogP contribution in [0.5, 0.6) is 0 Å². The van der Waals surface area contributed by atoms with E-state index >= 15 is 0 Å². The molecule has 0 aromatic heterocycles. The molecule has 1 atom stereocenters. The van der Waals surface area contributed by atoms with Crippen LogP contribution in [0.15, 0.2) is 23.1 Å². The summed E-state index contributed by atoms with van der Waals surface area (Å²) in [4.78, 5) is 23.8. The SMILES string of the molecule is CNS(=O)(=O)c1ccc(Cl)c(C(=O)O[C@H](C)C(=O)NC2CC2)c1. The van der Waals surface area contributed by atoms with Gasteiger partial charge in [0, 0.05) is 6.04 Å². The highest BCUT2D eigenvalue weighted by atomic mass is 35.5. The number of carbonyl (C=O) groups excluding carboxylic acids is 2. The van der Waals surface area contributed by atoms with Crippen molar-refractivity contribution in [3.63, 3.8) is 0 Å². The van der Waals surface area contributed by atoms with Crippen molar-refractivity contribution in [2.24, 2.45) is 0 Å². The van der Waals surface area contributed by atoms with E-state index in [9.17, 15) is 18.0 Å². The van der Waals surface area contributed by atoms with Gasteiger partial charge in [0.05, 0.1) is 15.5 Å². The molecule has 1 aliphatic rings. The average molecular weight is 361 g/mol. The number of halogens is 1. The lowest BCUT2D eigenvalue weighted by Crippen LogP contribution is -2.37. The van der Waals surface area contributed by atoms with Crippen LogP contribution in [0.4, 0.5) is 0 Å². The first kappa shape index (κ1) is 17.7. The zero-order valence-corrected chi connectivity index (χ0v) is 14.2. The molecule has 0 radical (unpaired) electrons. The van der Waals surface area contributed by atoms with Crippen LogP contribution in [0.25, 0.3) is 0 Å². The Bertz CT molecular complexity index is 731. The molecule has 0 bridgehead atoms. The predicted octanol–water partition coefficient (Wildman–Crippen LogP) is 1.07. The summed E-state index contributed by atoms with van der Waals surface area (Å²) in [6.07, 6.45) is 0.841. The number of rotatable bonds is 6. The van der Waals surface area contributed by atoms with Gasteiger partial charge in [-0.1, -0.05) is 11.6 Å². The van der Waals surface area contributed by atoms with Crippen molar-refractivity contribution in [3.05, 3.63) is 28.8 Å². The molecule has 0 aliphatic heterocycles. The molecule has 0 heterocycles. The van der Waals surface area contributed by atoms with Crippen molar-refractivity contribution in [2.45, 2.75) is 36.8 Å². The van der Waals surface area contributed by atoms with Crippen molar-refractivity contribution in [1.82, 2.24) is 10.0 Å². The molecule has 1 fully saturated rings. The van der Waals surface area contributed by atoms with Gasteiger partial charge >= 0.3 is 5.97 Å². The molecule has 2 N–H and O–H groups in total. The third-order valence-corrected chi connectivity index (χ3v) is 5.06. The second-order valence-electron chi connectivity index (χ2n) is 5.18. The monoisotopic (exact) mass is 360 g/mol. The molecule has 1 aromatic rings. The maximum absolute atomic E-state index is 12.1. The molecule has 0 unspecified atom stereocenters. The number of ether oxygens (including phenoxy) is 1. The summed E-state index contributed by atoms with van der Waals surface area (Å²) in [5, 5.41) is 2.76. The van der Waals surface area contributed by atoms with Gasteiger partial charge in [0.1, 0.15) is 0 Å². The fraction of sp³-hybridized carbons (Fsp3) is 0.429. The number of carbonyl (C=O) groups is 2. The first-order valence-electron chi connectivity index (χ1n) is 6.99. The highest BCUT2D eigenvalue weighted by Gasteiger charge is 2.28. The van der Waals surface area contributed by atoms with Gasteiger partial charge in [0.25, 0.3) is 5.91 Å². The quantitative estimate of drug-likeness (QED) is 0.739. The van der Waals surface area contributed by atoms with Gasteiger partial charge in [0.15, 0.2) is 6.10 Å². The van der Waals surface area contributed by atoms with E-state index in [1.54, 1.807) is 0 Å². The van der Waals surface area contributed by atoms with Crippen LogP contribution in [0, 0.1) is 0 Å². The van der Waals surface area contributed by atoms with Crippen LogP contribution in [0.3, 0.4) is 0 Å². The Kier molecular flexibility index (Phi) is 5.28. The molecule has 126 valence electrons. The fourth-order valence-corrected chi connectivity index (χ4v) is 2.72. The highest BCUT2D eigenvalue weighted by molar-refractivity contribution is 7.89. The Morgan fingerprint density at radius 2 is 2.00 bits per heavy atom. The number of esters is 1. The van der Waals surface area contributed by atoms with E-state index in [2.05, 4.69) is 10.0 Å². The molecule has 7 nitrogen and oxygen atoms in total. The molecule has 1 aliphatic carbocycles. The van der Waals surface area contributed by atoms with Gasteiger partial charge in [0.2, 0.25) is 10.0 Å². The third kappa shape index (κ3) is 4.43. The fourth-order valence-electron chi connectivity index (χ4n) is 1.77. The second-order valence-corrected chi connectivity index (χ2v) is 7.47. The van der Waals surface area contributed by atoms with Crippen LogP contribution in [0.2, 0.25) is 5.02 Å². The number of amides is 1. The van der Waals surface area contributed by atoms with Gasteiger partial charge in [-0.3, -0.25) is 4.79 Å². The summed E-state index contributed by atoms with van der Waals surface area (Å²) >= 11 is 5.93. The van der Waals surface area contributed by atoms with Gasteiger partial charge in [-0.15, -0.1) is 0 Å². The Hall–Kier alpha value is -1.64. The minimum absolute atomic E-state index is 0.0415. The van der Waals surface area contributed by atoms with E-state index in [1.165, 1.54) is 26.1 Å². The van der Waals surface area contributed by atoms with Crippen molar-refractivity contribution in [2.75, 3.05) is 7.05 Å². The molecular weight excluding hydrogens is 344 g/mol. The van der Waals surface area contributed by atoms with Crippen LogP contribution < -0.4 is 10.0 Å². The van der Waals surface area contributed by atoms with Gasteiger partial charge in [-0.2, -0.15) is 0 Å². The molecule has 1 amide bonds. The number of hydrogen-bond donors (Lipinski definition) is 2. The highest BCUT2D eigenvalue weighted by Crippen LogP contribution is 2.22. The van der Waals surface area contributed by atoms with E-state index in [-0.39, 0.29) is 21.5 Å². The van der Waals surface area contributed by atoms with Crippen molar-refractivity contribution < 1.29 is 22.7 Å². The summed E-state index contributed by atoms with van der Waals surface area (Å²) in [5.74, 6) is -1.25. The minimum Gasteiger partial charge on any atom is -0.449 e. The van der Waals surface area contributed by atoms with E-state index in [4.69, 9.17) is 16.3 Å². The summed E-state index contributed by atoms with van der Waals surface area (Å²) < 4.78 is 30.8. The first-order chi connectivity index (χ1) is 10.7. The smallest absolute Gasteiger partial charge is 0.340 e. The lowest BCUT2D eigenvalue weighted by Gasteiger charge is -2.14. The van der Waals surface area contributed by atoms with Crippen LogP contribution in [-0.4, -0.2) is 39.5 Å². The predicted molar refractivity (Wildman–Crippen MR) is 83.7 cm³/mol. The van der Waals surface area contributed by atoms with E-state index in [1.807, 2.05) is 0 Å². The summed E-state index contributed by atoms with van der Waals surface area (Å²) in [5.41, 5.74) is -0.117. The van der Waals surface area contributed by atoms with E-state index in [0.717, 1.165) is 18.9 Å². The number of nitrogens with one attached hydrogen (secondary N) is 2. The molecule has 9 heteroatoms. The molecule has 2 rings (SSSR count). The lowest BCUT2D eigenvalue weighted by molar-refractivity contribution is -0.129. The molecule has 0 spiro atoms. The number of hydrogen-bond acceptors (Lipinski definition) is 5. The lowest BCUT2D eigenvalue weighted by atomic mass is 10.2. The van der Waals surface area contributed by atoms with Gasteiger partial charge in [-0.25, -0.2) is 17.9 Å². The first-order valence-corrected chi connectivity index (χ1v) is 8.85. The van der Waals surface area contributed by atoms with E-state index < -0.39 is 28.0 Å². The molecule has 1 saturated carbocycles. The zero-order chi connectivity index (χ0) is 17.2. The van der Waals surface area contributed by atoms with Crippen molar-refractivity contribution in [3.8, 4) is 0 Å². The maximum Gasteiger partial charge on any atom is 0.340 e. The normalized spacial score (nSPS) is 15.8. The second kappa shape index (κ2) is 6.86. The maximum atomic E-state index is 12.1. The van der Waals surface area contributed by atoms with Crippen molar-refractivity contribution in [1.29, 1.82) is 0 Å². The summed E-state index contributed by atoms with van der Waals surface area (Å²) in [6.45, 7) is 1.44. The molecule has 23 heavy (non-hydrogen) atoms. The molecule has 1 aromatic carbocycles. The third-order valence-electron chi connectivity index (χ3n) is 3.31. The standard InChI is InChI=1S/C14H17ClN2O5S/c1-8(13(18)17-9-3-4-9)22-14(19)11-7-10(5-6-12(11)15)23(20,21)16-2/h5-9,16H,3-4H2,1-2H3,(H,17,18)/t8-/m1/s1. The molecular formula is C14H17ClN2O5S. The summed E-state index contributed by atoms with van der Waals surface area (Å²) in [7, 11) is -2.46. The van der Waals surface area contributed by atoms with Crippen LogP contribution in [0.1, 0.15) is 30.1 Å². The van der Waals surface area contributed by atoms with Gasteiger partial charge in [-0.05, 0) is 45.0 Å². The Morgan fingerprint density at radius 1 is 1.35 bits per heavy atom. The number of benzene rings is 1. The summed E-state index contributed by atoms with van der Waals surface area (Å²) in [6, 6.07) is 3.82. The Balaban J connectivity index is 2.14. The van der Waals surface area contributed by atoms with E-state index in [0.29, 0.717) is 0 Å². The van der Waals surface area contributed by atoms with Crippen LogP contribution in [-0.2, 0) is 19.6 Å². The Morgan fingerprint density at radius 3 is 2.57 bits per heavy atom. The largest absolute Gasteiger partial charge is 0.449 e. The zero-order valence-electron chi connectivity index (χ0n) is 12.6. The minimum atomic E-state index is -3.72. The van der Waals surface area contributed by atoms with Crippen molar-refractivity contribution >= 4 is 33.5 Å². The number of sulfonamides is 1. The Labute approximate surface area is 139 Å². The van der Waals surface area contributed by atoms with Crippen LogP contribution >= 0.6 is 11.6 Å². The topological polar surface area (TPSA) is 102 Å². The van der Waals surface area contributed by atoms with Gasteiger partial charge < -0.3 is 10.1 Å².